The van der Waals surface area contributed by atoms with Gasteiger partial charge in [-0.25, -0.2) is 4.72 Å². The number of nitrogens with zero attached hydrogens (tertiary/aromatic N) is 1. The predicted octanol–water partition coefficient (Wildman–Crippen LogP) is 0.680. The number of hydrogen-bond donors (Lipinski definition) is 2. The summed E-state index contributed by atoms with van der Waals surface area (Å²) in [7, 11) is -3.29. The molecule has 0 aromatic rings. The highest BCUT2D eigenvalue weighted by Crippen LogP contribution is 2.23. The van der Waals surface area contributed by atoms with Gasteiger partial charge in [0.2, 0.25) is 0 Å². The molecule has 102 valence electrons. The van der Waals surface area contributed by atoms with Gasteiger partial charge in [0.15, 0.2) is 0 Å². The van der Waals surface area contributed by atoms with Crippen molar-refractivity contribution in [1.82, 2.24) is 9.03 Å². The van der Waals surface area contributed by atoms with Gasteiger partial charge in [0, 0.05) is 19.1 Å². The van der Waals surface area contributed by atoms with Crippen molar-refractivity contribution >= 4 is 10.2 Å². The SMILES string of the molecule is CC(C)CNS(=O)(=O)N1CCCC1CCCN. The van der Waals surface area contributed by atoms with Gasteiger partial charge < -0.3 is 5.73 Å². The summed E-state index contributed by atoms with van der Waals surface area (Å²) in [6.07, 6.45) is 3.68. The Hall–Kier alpha value is -0.170. The first-order chi connectivity index (χ1) is 7.97. The second-order valence-electron chi connectivity index (χ2n) is 5.09. The van der Waals surface area contributed by atoms with E-state index in [2.05, 4.69) is 4.72 Å². The largest absolute Gasteiger partial charge is 0.330 e. The van der Waals surface area contributed by atoms with Crippen LogP contribution in [0, 0.1) is 5.92 Å². The lowest BCUT2D eigenvalue weighted by molar-refractivity contribution is 0.358. The molecule has 0 amide bonds. The average Bonchev–Trinajstić information content (AvgIpc) is 2.72. The minimum atomic E-state index is -3.29. The fourth-order valence-electron chi connectivity index (χ4n) is 2.12. The van der Waals surface area contributed by atoms with Crippen molar-refractivity contribution in [3.05, 3.63) is 0 Å². The summed E-state index contributed by atoms with van der Waals surface area (Å²) in [5.41, 5.74) is 5.48. The van der Waals surface area contributed by atoms with E-state index in [0.717, 1.165) is 25.7 Å². The van der Waals surface area contributed by atoms with E-state index in [0.29, 0.717) is 25.6 Å². The number of hydrogen-bond acceptors (Lipinski definition) is 3. The molecule has 0 bridgehead atoms. The maximum Gasteiger partial charge on any atom is 0.279 e. The first kappa shape index (κ1) is 14.9. The maximum absolute atomic E-state index is 12.1. The minimum Gasteiger partial charge on any atom is -0.330 e. The third-order valence-electron chi connectivity index (χ3n) is 3.05. The highest BCUT2D eigenvalue weighted by Gasteiger charge is 2.33. The minimum absolute atomic E-state index is 0.142. The molecule has 0 spiro atoms. The zero-order valence-electron chi connectivity index (χ0n) is 10.9. The molecule has 0 radical (unpaired) electrons. The average molecular weight is 263 g/mol. The molecular weight excluding hydrogens is 238 g/mol. The molecule has 1 rings (SSSR count). The van der Waals surface area contributed by atoms with E-state index >= 15 is 0 Å². The van der Waals surface area contributed by atoms with Crippen LogP contribution in [0.2, 0.25) is 0 Å². The highest BCUT2D eigenvalue weighted by molar-refractivity contribution is 7.87. The third kappa shape index (κ3) is 4.54. The summed E-state index contributed by atoms with van der Waals surface area (Å²) in [5, 5.41) is 0. The number of nitrogens with two attached hydrogens (primary N) is 1. The van der Waals surface area contributed by atoms with E-state index < -0.39 is 10.2 Å². The van der Waals surface area contributed by atoms with Gasteiger partial charge in [-0.1, -0.05) is 13.8 Å². The van der Waals surface area contributed by atoms with Crippen LogP contribution in [-0.4, -0.2) is 38.4 Å². The van der Waals surface area contributed by atoms with Crippen LogP contribution in [0.15, 0.2) is 0 Å². The van der Waals surface area contributed by atoms with Crippen LogP contribution < -0.4 is 10.5 Å². The van der Waals surface area contributed by atoms with Gasteiger partial charge in [-0.2, -0.15) is 12.7 Å². The fourth-order valence-corrected chi connectivity index (χ4v) is 3.80. The Morgan fingerprint density at radius 2 is 2.18 bits per heavy atom. The first-order valence-electron chi connectivity index (χ1n) is 6.44. The zero-order chi connectivity index (χ0) is 12.9. The molecule has 1 aliphatic heterocycles. The normalized spacial score (nSPS) is 22.5. The highest BCUT2D eigenvalue weighted by atomic mass is 32.2. The molecule has 3 N–H and O–H groups in total. The van der Waals surface area contributed by atoms with Gasteiger partial charge in [0.05, 0.1) is 0 Å². The first-order valence-corrected chi connectivity index (χ1v) is 7.88. The molecule has 0 aromatic carbocycles. The van der Waals surface area contributed by atoms with Crippen molar-refractivity contribution in [3.63, 3.8) is 0 Å². The van der Waals surface area contributed by atoms with Crippen molar-refractivity contribution in [2.75, 3.05) is 19.6 Å². The van der Waals surface area contributed by atoms with Gasteiger partial charge in [0.1, 0.15) is 0 Å². The lowest BCUT2D eigenvalue weighted by Crippen LogP contribution is -2.44. The molecule has 17 heavy (non-hydrogen) atoms. The second kappa shape index (κ2) is 6.68. The Morgan fingerprint density at radius 1 is 1.47 bits per heavy atom. The summed E-state index contributed by atoms with van der Waals surface area (Å²) in [6, 6.07) is 0.142. The Balaban J connectivity index is 2.56. The van der Waals surface area contributed by atoms with Crippen LogP contribution in [0.1, 0.15) is 39.5 Å². The molecule has 1 fully saturated rings. The van der Waals surface area contributed by atoms with Crippen molar-refractivity contribution in [2.24, 2.45) is 11.7 Å². The third-order valence-corrected chi connectivity index (χ3v) is 4.68. The summed E-state index contributed by atoms with van der Waals surface area (Å²) in [6.45, 7) is 5.77. The van der Waals surface area contributed by atoms with Gasteiger partial charge in [-0.05, 0) is 38.1 Å². The Bertz CT molecular complexity index is 317. The van der Waals surface area contributed by atoms with Crippen molar-refractivity contribution in [3.8, 4) is 0 Å². The Kier molecular flexibility index (Phi) is 5.85. The quantitative estimate of drug-likeness (QED) is 0.709. The molecular formula is C11H25N3O2S. The molecule has 1 aliphatic rings. The molecule has 0 aliphatic carbocycles. The summed E-state index contributed by atoms with van der Waals surface area (Å²) >= 11 is 0. The fraction of sp³-hybridized carbons (Fsp3) is 1.00. The maximum atomic E-state index is 12.1. The number of rotatable bonds is 7. The zero-order valence-corrected chi connectivity index (χ0v) is 11.7. The van der Waals surface area contributed by atoms with E-state index in [1.807, 2.05) is 13.8 Å². The lowest BCUT2D eigenvalue weighted by atomic mass is 10.1. The monoisotopic (exact) mass is 263 g/mol. The molecule has 1 unspecified atom stereocenters. The topological polar surface area (TPSA) is 75.4 Å². The summed E-state index contributed by atoms with van der Waals surface area (Å²) in [5.74, 6) is 0.329. The van der Waals surface area contributed by atoms with E-state index in [1.165, 1.54) is 0 Å². The standard InChI is InChI=1S/C11H25N3O2S/c1-10(2)9-13-17(15,16)14-8-4-6-11(14)5-3-7-12/h10-11,13H,3-9,12H2,1-2H3. The second-order valence-corrected chi connectivity index (χ2v) is 6.79. The van der Waals surface area contributed by atoms with Crippen molar-refractivity contribution in [1.29, 1.82) is 0 Å². The van der Waals surface area contributed by atoms with Crippen LogP contribution in [0.3, 0.4) is 0 Å². The van der Waals surface area contributed by atoms with Crippen LogP contribution in [-0.2, 0) is 10.2 Å². The Labute approximate surface area is 105 Å². The lowest BCUT2D eigenvalue weighted by Gasteiger charge is -2.24. The van der Waals surface area contributed by atoms with E-state index in [-0.39, 0.29) is 6.04 Å². The molecule has 5 nitrogen and oxygen atoms in total. The van der Waals surface area contributed by atoms with E-state index in [4.69, 9.17) is 5.73 Å². The van der Waals surface area contributed by atoms with Crippen LogP contribution in [0.4, 0.5) is 0 Å². The van der Waals surface area contributed by atoms with Gasteiger partial charge in [-0.3, -0.25) is 0 Å². The summed E-state index contributed by atoms with van der Waals surface area (Å²) < 4.78 is 28.5. The van der Waals surface area contributed by atoms with E-state index in [9.17, 15) is 8.42 Å². The summed E-state index contributed by atoms with van der Waals surface area (Å²) in [4.78, 5) is 0. The van der Waals surface area contributed by atoms with Crippen molar-refractivity contribution < 1.29 is 8.42 Å². The predicted molar refractivity (Wildman–Crippen MR) is 69.8 cm³/mol. The Morgan fingerprint density at radius 3 is 2.76 bits per heavy atom. The molecule has 1 heterocycles. The molecule has 0 saturated carbocycles. The smallest absolute Gasteiger partial charge is 0.279 e. The van der Waals surface area contributed by atoms with Crippen molar-refractivity contribution in [2.45, 2.75) is 45.6 Å². The van der Waals surface area contributed by atoms with Gasteiger partial charge >= 0.3 is 0 Å². The molecule has 0 aromatic heterocycles. The van der Waals surface area contributed by atoms with Gasteiger partial charge in [-0.15, -0.1) is 0 Å². The van der Waals surface area contributed by atoms with Crippen LogP contribution >= 0.6 is 0 Å². The van der Waals surface area contributed by atoms with Crippen LogP contribution in [0.5, 0.6) is 0 Å². The van der Waals surface area contributed by atoms with Gasteiger partial charge in [0.25, 0.3) is 10.2 Å². The van der Waals surface area contributed by atoms with Crippen LogP contribution in [0.25, 0.3) is 0 Å². The molecule has 1 saturated heterocycles. The number of nitrogens with one attached hydrogen (secondary N) is 1. The molecule has 1 atom stereocenters. The van der Waals surface area contributed by atoms with E-state index in [1.54, 1.807) is 4.31 Å². The molecule has 6 heteroatoms.